The van der Waals surface area contributed by atoms with Crippen LogP contribution in [0.1, 0.15) is 5.69 Å². The van der Waals surface area contributed by atoms with Crippen LogP contribution < -0.4 is 5.43 Å². The number of H-pyrrole nitrogens is 1. The Balaban J connectivity index is 0.000000288. The van der Waals surface area contributed by atoms with E-state index in [-0.39, 0.29) is 24.4 Å². The molecule has 15 heavy (non-hydrogen) atoms. The van der Waals surface area contributed by atoms with Gasteiger partial charge in [-0.2, -0.15) is 0 Å². The molecule has 0 aliphatic carbocycles. The van der Waals surface area contributed by atoms with E-state index in [1.807, 2.05) is 0 Å². The van der Waals surface area contributed by atoms with Gasteiger partial charge in [0, 0.05) is 12.3 Å². The van der Waals surface area contributed by atoms with Crippen LogP contribution in [0, 0.1) is 6.92 Å². The van der Waals surface area contributed by atoms with Crippen molar-refractivity contribution in [2.24, 2.45) is 0 Å². The van der Waals surface area contributed by atoms with Gasteiger partial charge in [-0.05, 0) is 6.92 Å². The van der Waals surface area contributed by atoms with Gasteiger partial charge in [0.25, 0.3) is 0 Å². The molecular weight excluding hydrogens is 202 g/mol. The van der Waals surface area contributed by atoms with E-state index in [2.05, 4.69) is 4.98 Å². The van der Waals surface area contributed by atoms with Gasteiger partial charge in [-0.15, -0.1) is 0 Å². The molecule has 0 unspecified atom stereocenters. The molecule has 0 saturated carbocycles. The van der Waals surface area contributed by atoms with E-state index in [4.69, 9.17) is 20.4 Å². The van der Waals surface area contributed by atoms with Gasteiger partial charge in [0.05, 0.1) is 18.9 Å². The summed E-state index contributed by atoms with van der Waals surface area (Å²) in [5.41, 5.74) is 0.161. The van der Waals surface area contributed by atoms with Gasteiger partial charge in [-0.3, -0.25) is 4.79 Å². The molecule has 0 saturated heterocycles. The normalized spacial score (nSPS) is 9.67. The summed E-state index contributed by atoms with van der Waals surface area (Å²) in [5, 5.41) is 32.9. The Labute approximate surface area is 86.5 Å². The average molecular weight is 217 g/mol. The first-order valence-electron chi connectivity index (χ1n) is 4.30. The molecule has 6 nitrogen and oxygen atoms in total. The zero-order valence-electron chi connectivity index (χ0n) is 8.34. The SMILES string of the molecule is Cc1[nH]ccc(=O)c1O.OCC(O)CO. The van der Waals surface area contributed by atoms with Gasteiger partial charge in [-0.1, -0.05) is 0 Å². The molecule has 1 aromatic heterocycles. The van der Waals surface area contributed by atoms with Crippen LogP contribution in [0.2, 0.25) is 0 Å². The van der Waals surface area contributed by atoms with Crippen molar-refractivity contribution in [2.75, 3.05) is 13.2 Å². The number of pyridine rings is 1. The predicted octanol–water partition coefficient (Wildman–Crippen LogP) is -1.28. The number of aliphatic hydroxyl groups is 3. The Morgan fingerprint density at radius 3 is 2.20 bits per heavy atom. The lowest BCUT2D eigenvalue weighted by atomic mass is 10.3. The van der Waals surface area contributed by atoms with E-state index < -0.39 is 6.10 Å². The molecule has 0 spiro atoms. The molecule has 0 aliphatic rings. The summed E-state index contributed by atoms with van der Waals surface area (Å²) in [4.78, 5) is 13.3. The van der Waals surface area contributed by atoms with Gasteiger partial charge >= 0.3 is 0 Å². The predicted molar refractivity (Wildman–Crippen MR) is 53.6 cm³/mol. The molecule has 1 heterocycles. The number of aryl methyl sites for hydroxylation is 1. The highest BCUT2D eigenvalue weighted by Gasteiger charge is 1.96. The van der Waals surface area contributed by atoms with Crippen LogP contribution in [0.25, 0.3) is 0 Å². The number of hydrogen-bond acceptors (Lipinski definition) is 5. The van der Waals surface area contributed by atoms with E-state index in [1.54, 1.807) is 6.92 Å². The number of aliphatic hydroxyl groups excluding tert-OH is 3. The summed E-state index contributed by atoms with van der Waals surface area (Å²) in [6.07, 6.45) is 0.544. The van der Waals surface area contributed by atoms with Crippen LogP contribution in [-0.2, 0) is 0 Å². The molecule has 5 N–H and O–H groups in total. The minimum atomic E-state index is -0.954. The number of nitrogens with one attached hydrogen (secondary N) is 1. The Morgan fingerprint density at radius 2 is 1.93 bits per heavy atom. The minimum Gasteiger partial charge on any atom is -0.503 e. The van der Waals surface area contributed by atoms with Crippen LogP contribution in [0.15, 0.2) is 17.1 Å². The van der Waals surface area contributed by atoms with Gasteiger partial charge in [0.1, 0.15) is 6.10 Å². The standard InChI is InChI=1S/C6H7NO2.C3H8O3/c1-4-6(9)5(8)2-3-7-4;4-1-3(6)2-5/h2-3,9H,1H3,(H,7,8);3-6H,1-2H2. The molecule has 0 aliphatic heterocycles. The average Bonchev–Trinajstić information content (AvgIpc) is 2.25. The van der Waals surface area contributed by atoms with Gasteiger partial charge in [0.2, 0.25) is 5.43 Å². The molecular formula is C9H15NO5. The summed E-state index contributed by atoms with van der Waals surface area (Å²) >= 11 is 0. The van der Waals surface area contributed by atoms with E-state index in [1.165, 1.54) is 12.3 Å². The van der Waals surface area contributed by atoms with Gasteiger partial charge in [-0.25, -0.2) is 0 Å². The fourth-order valence-electron chi connectivity index (χ4n) is 0.632. The first kappa shape index (κ1) is 13.6. The number of rotatable bonds is 2. The number of hydrogen-bond donors (Lipinski definition) is 5. The molecule has 0 atom stereocenters. The minimum absolute atomic E-state index is 0.197. The Morgan fingerprint density at radius 1 is 1.40 bits per heavy atom. The van der Waals surface area contributed by atoms with Crippen LogP contribution in [0.5, 0.6) is 5.75 Å². The molecule has 0 radical (unpaired) electrons. The lowest BCUT2D eigenvalue weighted by Crippen LogP contribution is -2.15. The first-order valence-corrected chi connectivity index (χ1v) is 4.30. The Bertz CT molecular complexity index is 332. The number of aromatic hydroxyl groups is 1. The van der Waals surface area contributed by atoms with E-state index >= 15 is 0 Å². The topological polar surface area (TPSA) is 114 Å². The van der Waals surface area contributed by atoms with Crippen molar-refractivity contribution < 1.29 is 20.4 Å². The van der Waals surface area contributed by atoms with Gasteiger partial charge < -0.3 is 25.4 Å². The lowest BCUT2D eigenvalue weighted by molar-refractivity contribution is 0.0450. The fraction of sp³-hybridized carbons (Fsp3) is 0.444. The highest BCUT2D eigenvalue weighted by Crippen LogP contribution is 2.02. The van der Waals surface area contributed by atoms with Crippen LogP contribution >= 0.6 is 0 Å². The van der Waals surface area contributed by atoms with Crippen molar-refractivity contribution in [3.05, 3.63) is 28.2 Å². The summed E-state index contributed by atoms with van der Waals surface area (Å²) in [6, 6.07) is 1.28. The second-order valence-electron chi connectivity index (χ2n) is 2.83. The third-order valence-corrected chi connectivity index (χ3v) is 1.54. The van der Waals surface area contributed by atoms with Crippen LogP contribution in [-0.4, -0.2) is 44.7 Å². The van der Waals surface area contributed by atoms with Crippen molar-refractivity contribution in [1.29, 1.82) is 0 Å². The second-order valence-corrected chi connectivity index (χ2v) is 2.83. The maximum atomic E-state index is 10.6. The molecule has 6 heteroatoms. The number of aromatic nitrogens is 1. The van der Waals surface area contributed by atoms with Crippen LogP contribution in [0.4, 0.5) is 0 Å². The van der Waals surface area contributed by atoms with Gasteiger partial charge in [0.15, 0.2) is 5.75 Å². The molecule has 0 aromatic carbocycles. The van der Waals surface area contributed by atoms with Crippen LogP contribution in [0.3, 0.4) is 0 Å². The summed E-state index contributed by atoms with van der Waals surface area (Å²) in [6.45, 7) is 0.906. The first-order chi connectivity index (χ1) is 7.02. The molecule has 0 amide bonds. The third-order valence-electron chi connectivity index (χ3n) is 1.54. The van der Waals surface area contributed by atoms with E-state index in [0.717, 1.165) is 0 Å². The molecule has 1 rings (SSSR count). The molecule has 1 aromatic rings. The lowest BCUT2D eigenvalue weighted by Gasteiger charge is -1.96. The summed E-state index contributed by atoms with van der Waals surface area (Å²) < 4.78 is 0. The second kappa shape index (κ2) is 6.99. The van der Waals surface area contributed by atoms with Crippen molar-refractivity contribution in [1.82, 2.24) is 4.98 Å². The molecule has 0 fully saturated rings. The summed E-state index contributed by atoms with van der Waals surface area (Å²) in [7, 11) is 0. The highest BCUT2D eigenvalue weighted by molar-refractivity contribution is 5.23. The number of aromatic amines is 1. The highest BCUT2D eigenvalue weighted by atomic mass is 16.3. The van der Waals surface area contributed by atoms with Crippen molar-refractivity contribution in [3.63, 3.8) is 0 Å². The largest absolute Gasteiger partial charge is 0.503 e. The third kappa shape index (κ3) is 5.16. The summed E-state index contributed by atoms with van der Waals surface area (Å²) in [5.74, 6) is -0.197. The quantitative estimate of drug-likeness (QED) is 0.423. The Hall–Kier alpha value is -1.37. The zero-order valence-corrected chi connectivity index (χ0v) is 8.34. The Kier molecular flexibility index (Phi) is 6.35. The van der Waals surface area contributed by atoms with E-state index in [9.17, 15) is 4.79 Å². The molecule has 86 valence electrons. The zero-order chi connectivity index (χ0) is 11.8. The molecule has 0 bridgehead atoms. The maximum Gasteiger partial charge on any atom is 0.223 e. The smallest absolute Gasteiger partial charge is 0.223 e. The monoisotopic (exact) mass is 217 g/mol. The van der Waals surface area contributed by atoms with Crippen molar-refractivity contribution in [2.45, 2.75) is 13.0 Å². The van der Waals surface area contributed by atoms with E-state index in [0.29, 0.717) is 5.69 Å². The maximum absolute atomic E-state index is 10.6. The van der Waals surface area contributed by atoms with Crippen molar-refractivity contribution >= 4 is 0 Å². The fourth-order valence-corrected chi connectivity index (χ4v) is 0.632. The van der Waals surface area contributed by atoms with Crippen molar-refractivity contribution in [3.8, 4) is 5.75 Å².